The molecular formula is C18H24N4OS. The molecule has 0 bridgehead atoms. The molecule has 128 valence electrons. The summed E-state index contributed by atoms with van der Waals surface area (Å²) in [5, 5.41) is 7.60. The van der Waals surface area contributed by atoms with Crippen LogP contribution < -0.4 is 15.5 Å². The van der Waals surface area contributed by atoms with E-state index < -0.39 is 0 Å². The van der Waals surface area contributed by atoms with Crippen molar-refractivity contribution in [2.24, 2.45) is 5.92 Å². The molecule has 0 aliphatic carbocycles. The first-order valence-corrected chi connectivity index (χ1v) is 9.70. The lowest BCUT2D eigenvalue weighted by molar-refractivity contribution is -0.120. The first-order valence-electron chi connectivity index (χ1n) is 8.89. The number of amides is 1. The van der Waals surface area contributed by atoms with Crippen LogP contribution in [0.3, 0.4) is 0 Å². The fourth-order valence-electron chi connectivity index (χ4n) is 3.65. The fraction of sp³-hybridized carbons (Fsp3) is 0.556. The van der Waals surface area contributed by atoms with Crippen LogP contribution in [0.2, 0.25) is 0 Å². The first-order chi connectivity index (χ1) is 11.7. The lowest BCUT2D eigenvalue weighted by Crippen LogP contribution is -2.40. The number of hydrogen-bond donors (Lipinski definition) is 2. The minimum atomic E-state index is 0.110. The highest BCUT2D eigenvalue weighted by Gasteiger charge is 2.25. The van der Waals surface area contributed by atoms with E-state index in [4.69, 9.17) is 4.98 Å². The molecule has 2 aromatic rings. The number of piperidine rings is 1. The van der Waals surface area contributed by atoms with Crippen LogP contribution in [0, 0.1) is 5.92 Å². The Morgan fingerprint density at radius 1 is 1.38 bits per heavy atom. The maximum absolute atomic E-state index is 12.5. The zero-order valence-corrected chi connectivity index (χ0v) is 14.9. The zero-order chi connectivity index (χ0) is 16.5. The van der Waals surface area contributed by atoms with Gasteiger partial charge in [-0.15, -0.1) is 0 Å². The van der Waals surface area contributed by atoms with Gasteiger partial charge in [-0.2, -0.15) is 0 Å². The van der Waals surface area contributed by atoms with Gasteiger partial charge in [-0.3, -0.25) is 4.79 Å². The van der Waals surface area contributed by atoms with Crippen molar-refractivity contribution in [1.29, 1.82) is 0 Å². The zero-order valence-electron chi connectivity index (χ0n) is 14.0. The van der Waals surface area contributed by atoms with E-state index in [1.807, 2.05) is 12.1 Å². The SMILES string of the molecule is C[C@H]1C[C@@H](C(=O)Nc2ccc3nc(N4CCCC4)sc3c2)CCN1. The van der Waals surface area contributed by atoms with Crippen molar-refractivity contribution in [3.63, 3.8) is 0 Å². The van der Waals surface area contributed by atoms with Gasteiger partial charge in [0.1, 0.15) is 0 Å². The van der Waals surface area contributed by atoms with Gasteiger partial charge in [0.15, 0.2) is 5.13 Å². The molecule has 1 aromatic carbocycles. The van der Waals surface area contributed by atoms with Crippen LogP contribution in [0.4, 0.5) is 10.8 Å². The highest BCUT2D eigenvalue weighted by molar-refractivity contribution is 7.22. The maximum atomic E-state index is 12.5. The van der Waals surface area contributed by atoms with Gasteiger partial charge in [0, 0.05) is 30.7 Å². The molecule has 0 saturated carbocycles. The van der Waals surface area contributed by atoms with Gasteiger partial charge in [0.05, 0.1) is 10.2 Å². The monoisotopic (exact) mass is 344 g/mol. The van der Waals surface area contributed by atoms with Gasteiger partial charge in [0.2, 0.25) is 5.91 Å². The van der Waals surface area contributed by atoms with Crippen LogP contribution in [0.15, 0.2) is 18.2 Å². The molecule has 2 saturated heterocycles. The van der Waals surface area contributed by atoms with Gasteiger partial charge < -0.3 is 15.5 Å². The molecule has 2 fully saturated rings. The molecule has 1 aromatic heterocycles. The quantitative estimate of drug-likeness (QED) is 0.898. The third-order valence-electron chi connectivity index (χ3n) is 5.02. The predicted octanol–water partition coefficient (Wildman–Crippen LogP) is 3.22. The van der Waals surface area contributed by atoms with E-state index in [0.717, 1.165) is 53.5 Å². The van der Waals surface area contributed by atoms with Crippen LogP contribution in [-0.2, 0) is 4.79 Å². The van der Waals surface area contributed by atoms with E-state index in [1.54, 1.807) is 11.3 Å². The number of anilines is 2. The van der Waals surface area contributed by atoms with E-state index in [1.165, 1.54) is 12.8 Å². The van der Waals surface area contributed by atoms with E-state index in [-0.39, 0.29) is 11.8 Å². The van der Waals surface area contributed by atoms with Gasteiger partial charge >= 0.3 is 0 Å². The summed E-state index contributed by atoms with van der Waals surface area (Å²) >= 11 is 1.73. The normalized spacial score (nSPS) is 24.5. The van der Waals surface area contributed by atoms with E-state index in [9.17, 15) is 4.79 Å². The Morgan fingerprint density at radius 3 is 3.00 bits per heavy atom. The second kappa shape index (κ2) is 6.69. The standard InChI is InChI=1S/C18H24N4OS/c1-12-10-13(6-7-19-12)17(23)20-14-4-5-15-16(11-14)24-18(21-15)22-8-2-3-9-22/h4-5,11-13,19H,2-3,6-10H2,1H3,(H,20,23)/t12-,13-/m0/s1. The number of carbonyl (C=O) groups excluding carboxylic acids is 1. The Labute approximate surface area is 146 Å². The molecule has 4 rings (SSSR count). The van der Waals surface area contributed by atoms with E-state index >= 15 is 0 Å². The summed E-state index contributed by atoms with van der Waals surface area (Å²) in [5.74, 6) is 0.255. The molecule has 5 nitrogen and oxygen atoms in total. The highest BCUT2D eigenvalue weighted by Crippen LogP contribution is 2.32. The van der Waals surface area contributed by atoms with E-state index in [2.05, 4.69) is 28.5 Å². The Hall–Kier alpha value is -1.66. The van der Waals surface area contributed by atoms with Crippen LogP contribution in [0.5, 0.6) is 0 Å². The topological polar surface area (TPSA) is 57.3 Å². The lowest BCUT2D eigenvalue weighted by atomic mass is 9.92. The predicted molar refractivity (Wildman–Crippen MR) is 99.9 cm³/mol. The number of aromatic nitrogens is 1. The van der Waals surface area contributed by atoms with Crippen LogP contribution >= 0.6 is 11.3 Å². The Kier molecular flexibility index (Phi) is 4.41. The van der Waals surface area contributed by atoms with Crippen LogP contribution in [0.25, 0.3) is 10.2 Å². The molecule has 2 N–H and O–H groups in total. The number of rotatable bonds is 3. The summed E-state index contributed by atoms with van der Waals surface area (Å²) in [6.45, 7) is 5.28. The summed E-state index contributed by atoms with van der Waals surface area (Å²) in [6.07, 6.45) is 4.34. The molecule has 2 aliphatic heterocycles. The lowest BCUT2D eigenvalue weighted by Gasteiger charge is -2.27. The molecule has 0 spiro atoms. The van der Waals surface area contributed by atoms with E-state index in [0.29, 0.717) is 6.04 Å². The van der Waals surface area contributed by atoms with Crippen molar-refractivity contribution >= 4 is 38.3 Å². The highest BCUT2D eigenvalue weighted by atomic mass is 32.1. The minimum absolute atomic E-state index is 0.110. The number of thiazole rings is 1. The second-order valence-electron chi connectivity index (χ2n) is 6.94. The summed E-state index contributed by atoms with van der Waals surface area (Å²) in [5.41, 5.74) is 1.91. The molecule has 0 unspecified atom stereocenters. The minimum Gasteiger partial charge on any atom is -0.348 e. The fourth-order valence-corrected chi connectivity index (χ4v) is 4.70. The van der Waals surface area contributed by atoms with Gasteiger partial charge in [0.25, 0.3) is 0 Å². The maximum Gasteiger partial charge on any atom is 0.227 e. The van der Waals surface area contributed by atoms with Gasteiger partial charge in [-0.05, 0) is 57.4 Å². The second-order valence-corrected chi connectivity index (χ2v) is 7.95. The van der Waals surface area contributed by atoms with Crippen molar-refractivity contribution in [2.45, 2.75) is 38.6 Å². The van der Waals surface area contributed by atoms with Crippen molar-refractivity contribution in [1.82, 2.24) is 10.3 Å². The largest absolute Gasteiger partial charge is 0.348 e. The first kappa shape index (κ1) is 15.8. The molecule has 24 heavy (non-hydrogen) atoms. The number of nitrogens with zero attached hydrogens (tertiary/aromatic N) is 2. The van der Waals surface area contributed by atoms with Gasteiger partial charge in [-0.1, -0.05) is 11.3 Å². The van der Waals surface area contributed by atoms with Crippen molar-refractivity contribution < 1.29 is 4.79 Å². The average Bonchev–Trinajstić information content (AvgIpc) is 3.23. The summed E-state index contributed by atoms with van der Waals surface area (Å²) in [7, 11) is 0. The molecule has 3 heterocycles. The summed E-state index contributed by atoms with van der Waals surface area (Å²) in [4.78, 5) is 19.6. The van der Waals surface area contributed by atoms with Crippen molar-refractivity contribution in [3.05, 3.63) is 18.2 Å². The Bertz CT molecular complexity index is 738. The molecule has 6 heteroatoms. The molecule has 2 aliphatic rings. The number of fused-ring (bicyclic) bond motifs is 1. The summed E-state index contributed by atoms with van der Waals surface area (Å²) in [6, 6.07) is 6.47. The third kappa shape index (κ3) is 3.26. The number of nitrogens with one attached hydrogen (secondary N) is 2. The summed E-state index contributed by atoms with van der Waals surface area (Å²) < 4.78 is 1.15. The van der Waals surface area contributed by atoms with Crippen molar-refractivity contribution in [3.8, 4) is 0 Å². The van der Waals surface area contributed by atoms with Gasteiger partial charge in [-0.25, -0.2) is 4.98 Å². The number of benzene rings is 1. The third-order valence-corrected chi connectivity index (χ3v) is 6.09. The molecular weight excluding hydrogens is 320 g/mol. The molecule has 1 amide bonds. The Balaban J connectivity index is 1.49. The average molecular weight is 344 g/mol. The van der Waals surface area contributed by atoms with Crippen LogP contribution in [-0.4, -0.2) is 36.6 Å². The van der Waals surface area contributed by atoms with Crippen LogP contribution in [0.1, 0.15) is 32.6 Å². The molecule has 2 atom stereocenters. The Morgan fingerprint density at radius 2 is 2.21 bits per heavy atom. The molecule has 0 radical (unpaired) electrons. The number of carbonyl (C=O) groups is 1. The number of hydrogen-bond acceptors (Lipinski definition) is 5. The smallest absolute Gasteiger partial charge is 0.227 e. The van der Waals surface area contributed by atoms with Crippen molar-refractivity contribution in [2.75, 3.05) is 29.9 Å².